The van der Waals surface area contributed by atoms with Crippen molar-refractivity contribution in [3.05, 3.63) is 83.8 Å². The molecule has 1 fully saturated rings. The number of amides is 6. The molecule has 3 aromatic rings. The van der Waals surface area contributed by atoms with Gasteiger partial charge in [-0.1, -0.05) is 65.3 Å². The summed E-state index contributed by atoms with van der Waals surface area (Å²) < 4.78 is 11.2. The fourth-order valence-corrected chi connectivity index (χ4v) is 7.00. The number of fused-ring (bicyclic) bond motifs is 1. The summed E-state index contributed by atoms with van der Waals surface area (Å²) in [6.45, 7) is 9.25. The van der Waals surface area contributed by atoms with E-state index in [-0.39, 0.29) is 31.6 Å². The molecule has 0 saturated carbocycles. The Balaban J connectivity index is 1.34. The first-order chi connectivity index (χ1) is 27.8. The summed E-state index contributed by atoms with van der Waals surface area (Å²) in [6, 6.07) is 6.40. The number of Topliss-reactive ketones (excluding diaryl/α,β-unsaturated/α-hetero) is 1. The first kappa shape index (κ1) is 43.0. The van der Waals surface area contributed by atoms with E-state index in [9.17, 15) is 33.6 Å². The number of hydrogen-bond donors (Lipinski definition) is 4. The van der Waals surface area contributed by atoms with Gasteiger partial charge in [-0.15, -0.1) is 0 Å². The highest BCUT2D eigenvalue weighted by Gasteiger charge is 2.46. The highest BCUT2D eigenvalue weighted by molar-refractivity contribution is 6.38. The van der Waals surface area contributed by atoms with Crippen LogP contribution >= 0.6 is 0 Å². The largest absolute Gasteiger partial charge is 0.467 e. The van der Waals surface area contributed by atoms with Crippen molar-refractivity contribution in [2.24, 2.45) is 11.8 Å². The number of likely N-dealkylation sites (tertiary alicyclic amines) is 1. The molecular weight excluding hydrogens is 748 g/mol. The summed E-state index contributed by atoms with van der Waals surface area (Å²) in [6.07, 6.45) is 5.06. The maximum absolute atomic E-state index is 14.5. The highest BCUT2D eigenvalue weighted by atomic mass is 16.6. The lowest BCUT2D eigenvalue weighted by Gasteiger charge is -2.32. The molecule has 2 aliphatic heterocycles. The second-order valence-electron chi connectivity index (χ2n) is 15.2. The van der Waals surface area contributed by atoms with Crippen LogP contribution in [0.2, 0.25) is 0 Å². The molecule has 4 heterocycles. The van der Waals surface area contributed by atoms with E-state index in [0.717, 1.165) is 11.1 Å². The number of ether oxygens (including phenoxy) is 1. The number of aromatic nitrogens is 2. The fraction of sp³-hybridized carbons (Fsp3) is 0.488. The normalized spacial score (nSPS) is 17.8. The van der Waals surface area contributed by atoms with Gasteiger partial charge in [0, 0.05) is 31.9 Å². The molecule has 0 spiro atoms. The lowest BCUT2D eigenvalue weighted by atomic mass is 9.98. The van der Waals surface area contributed by atoms with Crippen molar-refractivity contribution < 1.29 is 42.7 Å². The third-order valence-electron chi connectivity index (χ3n) is 10.2. The van der Waals surface area contributed by atoms with Gasteiger partial charge in [-0.3, -0.25) is 33.8 Å². The van der Waals surface area contributed by atoms with Crippen LogP contribution in [0.5, 0.6) is 0 Å². The molecule has 0 aliphatic carbocycles. The van der Waals surface area contributed by atoms with Crippen LogP contribution in [0, 0.1) is 11.8 Å². The molecule has 17 heteroatoms. The van der Waals surface area contributed by atoms with E-state index in [0.29, 0.717) is 31.7 Å². The minimum Gasteiger partial charge on any atom is -0.467 e. The zero-order chi connectivity index (χ0) is 41.9. The van der Waals surface area contributed by atoms with Crippen molar-refractivity contribution in [2.45, 2.75) is 104 Å². The number of carbonyl (C=O) groups excluding carboxylic acids is 7. The SMILES string of the molecule is CCCC(NC(=O)[C@@H]1C[C@@H](OC(=O)N2CCc3ccccc3C2)CN1C(=O)[C@H](NC(=O)[C@H](NC(=O)c1cnccn1)C(C)C)C(C)C)C(=O)C(=O)NCc1ccco1. The molecule has 6 amide bonds. The molecule has 1 aromatic carbocycles. The van der Waals surface area contributed by atoms with Gasteiger partial charge < -0.3 is 40.2 Å². The number of carbonyl (C=O) groups is 7. The molecule has 1 saturated heterocycles. The molecule has 5 rings (SSSR count). The number of rotatable bonds is 16. The van der Waals surface area contributed by atoms with Crippen LogP contribution in [0.4, 0.5) is 4.79 Å². The predicted octanol–water partition coefficient (Wildman–Crippen LogP) is 2.30. The summed E-state index contributed by atoms with van der Waals surface area (Å²) in [5.41, 5.74) is 2.14. The van der Waals surface area contributed by atoms with Crippen LogP contribution in [-0.2, 0) is 48.2 Å². The highest BCUT2D eigenvalue weighted by Crippen LogP contribution is 2.26. The number of furan rings is 1. The van der Waals surface area contributed by atoms with Crippen molar-refractivity contribution in [2.75, 3.05) is 13.1 Å². The maximum atomic E-state index is 14.5. The molecule has 2 aromatic heterocycles. The second kappa shape index (κ2) is 19.8. The zero-order valence-corrected chi connectivity index (χ0v) is 33.4. The van der Waals surface area contributed by atoms with Gasteiger partial charge >= 0.3 is 6.09 Å². The van der Waals surface area contributed by atoms with Crippen LogP contribution in [-0.4, -0.2) is 105 Å². The van der Waals surface area contributed by atoms with E-state index < -0.39 is 83.5 Å². The molecule has 5 atom stereocenters. The minimum absolute atomic E-state index is 0.00701. The van der Waals surface area contributed by atoms with E-state index in [2.05, 4.69) is 31.2 Å². The topological polar surface area (TPSA) is 222 Å². The summed E-state index contributed by atoms with van der Waals surface area (Å²) >= 11 is 0. The van der Waals surface area contributed by atoms with E-state index in [1.54, 1.807) is 51.7 Å². The van der Waals surface area contributed by atoms with Crippen molar-refractivity contribution in [1.29, 1.82) is 0 Å². The molecule has 310 valence electrons. The molecule has 0 bridgehead atoms. The van der Waals surface area contributed by atoms with Gasteiger partial charge in [0.1, 0.15) is 35.7 Å². The standard InChI is InChI=1S/C41H52N8O9/c1-6-10-30(35(50)39(54)44-20-28-13-9-18-57-28)45-37(52)32-19-29(58-41(56)48-17-14-26-11-7-8-12-27(26)22-48)23-49(32)40(55)34(25(4)5)47-38(53)33(24(2)3)46-36(51)31-21-42-15-16-43-31/h7-9,11-13,15-16,18,21,24-25,29-30,32-34H,6,10,14,17,19-20,22-23H2,1-5H3,(H,44,54)(H,45,52)(H,46,51)(H,47,53)/t29-,30?,32+,33-,34-/m1/s1. The summed E-state index contributed by atoms with van der Waals surface area (Å²) in [4.78, 5) is 106. The van der Waals surface area contributed by atoms with E-state index in [1.165, 1.54) is 29.8 Å². The van der Waals surface area contributed by atoms with Crippen LogP contribution in [0.15, 0.2) is 65.7 Å². The zero-order valence-electron chi connectivity index (χ0n) is 33.4. The van der Waals surface area contributed by atoms with E-state index in [4.69, 9.17) is 9.15 Å². The van der Waals surface area contributed by atoms with Crippen LogP contribution < -0.4 is 21.3 Å². The van der Waals surface area contributed by atoms with Crippen molar-refractivity contribution in [3.63, 3.8) is 0 Å². The quantitative estimate of drug-likeness (QED) is 0.154. The predicted molar refractivity (Wildman–Crippen MR) is 208 cm³/mol. The number of ketones is 1. The molecule has 4 N–H and O–H groups in total. The monoisotopic (exact) mass is 800 g/mol. The number of benzene rings is 1. The Labute approximate surface area is 337 Å². The Morgan fingerprint density at radius 3 is 2.31 bits per heavy atom. The molecule has 17 nitrogen and oxygen atoms in total. The van der Waals surface area contributed by atoms with Gasteiger partial charge in [-0.05, 0) is 47.9 Å². The lowest BCUT2D eigenvalue weighted by Crippen LogP contribution is -2.59. The third kappa shape index (κ3) is 10.8. The Hall–Kier alpha value is -6.13. The maximum Gasteiger partial charge on any atom is 0.410 e. The molecular formula is C41H52N8O9. The fourth-order valence-electron chi connectivity index (χ4n) is 7.00. The van der Waals surface area contributed by atoms with Crippen molar-refractivity contribution >= 4 is 41.4 Å². The molecule has 1 unspecified atom stereocenters. The molecule has 0 radical (unpaired) electrons. The number of nitrogens with one attached hydrogen (secondary N) is 4. The average molecular weight is 801 g/mol. The van der Waals surface area contributed by atoms with Crippen LogP contribution in [0.3, 0.4) is 0 Å². The number of hydrogen-bond acceptors (Lipinski definition) is 11. The van der Waals surface area contributed by atoms with Crippen molar-refractivity contribution in [3.8, 4) is 0 Å². The third-order valence-corrected chi connectivity index (χ3v) is 10.2. The van der Waals surface area contributed by atoms with Crippen LogP contribution in [0.1, 0.15) is 81.3 Å². The van der Waals surface area contributed by atoms with Gasteiger partial charge in [0.05, 0.1) is 31.6 Å². The van der Waals surface area contributed by atoms with E-state index >= 15 is 0 Å². The minimum atomic E-state index is -1.24. The van der Waals surface area contributed by atoms with Crippen molar-refractivity contribution in [1.82, 2.24) is 41.0 Å². The smallest absolute Gasteiger partial charge is 0.410 e. The van der Waals surface area contributed by atoms with E-state index in [1.807, 2.05) is 24.3 Å². The van der Waals surface area contributed by atoms with Gasteiger partial charge in [-0.25, -0.2) is 9.78 Å². The first-order valence-corrected chi connectivity index (χ1v) is 19.6. The van der Waals surface area contributed by atoms with Gasteiger partial charge in [0.25, 0.3) is 11.8 Å². The van der Waals surface area contributed by atoms with Gasteiger partial charge in [-0.2, -0.15) is 0 Å². The summed E-state index contributed by atoms with van der Waals surface area (Å²) in [5.74, 6) is -4.87. The van der Waals surface area contributed by atoms with Crippen LogP contribution in [0.25, 0.3) is 0 Å². The molecule has 58 heavy (non-hydrogen) atoms. The molecule has 2 aliphatic rings. The number of nitrogens with zero attached hydrogens (tertiary/aromatic N) is 4. The Morgan fingerprint density at radius 1 is 0.914 bits per heavy atom. The van der Waals surface area contributed by atoms with Gasteiger partial charge in [0.2, 0.25) is 23.5 Å². The van der Waals surface area contributed by atoms with Gasteiger partial charge in [0.15, 0.2) is 0 Å². The Morgan fingerprint density at radius 2 is 1.66 bits per heavy atom. The summed E-state index contributed by atoms with van der Waals surface area (Å²) in [7, 11) is 0. The first-order valence-electron chi connectivity index (χ1n) is 19.6. The lowest BCUT2D eigenvalue weighted by molar-refractivity contribution is -0.144. The summed E-state index contributed by atoms with van der Waals surface area (Å²) in [5, 5.41) is 10.7. The average Bonchev–Trinajstić information content (AvgIpc) is 3.90. The Bertz CT molecular complexity index is 1940. The second-order valence-corrected chi connectivity index (χ2v) is 15.2. The Kier molecular flexibility index (Phi) is 14.7.